The van der Waals surface area contributed by atoms with Gasteiger partial charge in [-0.1, -0.05) is 24.5 Å². The molecule has 36 heavy (non-hydrogen) atoms. The lowest BCUT2D eigenvalue weighted by atomic mass is 9.49. The van der Waals surface area contributed by atoms with Gasteiger partial charge in [0, 0.05) is 11.3 Å². The topological polar surface area (TPSA) is 85.9 Å². The Morgan fingerprint density at radius 3 is 2.81 bits per heavy atom. The van der Waals surface area contributed by atoms with Crippen molar-refractivity contribution in [2.24, 2.45) is 33.5 Å². The molecule has 1 aromatic carbocycles. The second kappa shape index (κ2) is 8.44. The molecule has 0 saturated heterocycles. The molecular weight excluding hydrogens is 450 g/mol. The molecule has 1 heterocycles. The molecule has 6 nitrogen and oxygen atoms in total. The van der Waals surface area contributed by atoms with E-state index < -0.39 is 6.03 Å². The summed E-state index contributed by atoms with van der Waals surface area (Å²) in [6, 6.07) is 5.91. The van der Waals surface area contributed by atoms with Gasteiger partial charge in [0.05, 0.1) is 5.71 Å². The summed E-state index contributed by atoms with van der Waals surface area (Å²) in [6.45, 7) is 7.20. The molecule has 188 valence electrons. The smallest absolute Gasteiger partial charge is 0.332 e. The van der Waals surface area contributed by atoms with Crippen molar-refractivity contribution in [3.63, 3.8) is 0 Å². The maximum atomic E-state index is 11.2. The predicted octanol–water partition coefficient (Wildman–Crippen LogP) is 5.80. The number of ether oxygens (including phenoxy) is 2. The Hall–Kier alpha value is -3.20. The number of rotatable bonds is 2. The molecule has 2 fully saturated rings. The van der Waals surface area contributed by atoms with Crippen LogP contribution in [0.15, 0.2) is 46.1 Å². The molecular formula is C30H35N3O3. The van der Waals surface area contributed by atoms with Gasteiger partial charge in [-0.25, -0.2) is 10.2 Å². The number of nitrogens with one attached hydrogen (secondary N) is 1. The summed E-state index contributed by atoms with van der Waals surface area (Å²) in [5.41, 5.74) is 14.6. The predicted molar refractivity (Wildman–Crippen MR) is 140 cm³/mol. The van der Waals surface area contributed by atoms with Gasteiger partial charge < -0.3 is 15.2 Å². The number of hydrogen-bond acceptors (Lipinski definition) is 4. The summed E-state index contributed by atoms with van der Waals surface area (Å²) in [6.07, 6.45) is 9.65. The van der Waals surface area contributed by atoms with Crippen molar-refractivity contribution >= 4 is 11.7 Å². The highest BCUT2D eigenvalue weighted by molar-refractivity contribution is 5.98. The van der Waals surface area contributed by atoms with Gasteiger partial charge in [-0.2, -0.15) is 5.10 Å². The molecule has 6 heteroatoms. The fourth-order valence-electron chi connectivity index (χ4n) is 8.04. The van der Waals surface area contributed by atoms with E-state index in [-0.39, 0.29) is 17.6 Å². The number of nitrogens with two attached hydrogens (primary N) is 1. The molecule has 0 radical (unpaired) electrons. The summed E-state index contributed by atoms with van der Waals surface area (Å²) in [4.78, 5) is 11.2. The number of carbonyl (C=O) groups excluding carboxylic acids is 1. The Morgan fingerprint density at radius 2 is 2.00 bits per heavy atom. The third kappa shape index (κ3) is 3.47. The molecule has 0 aromatic heterocycles. The molecule has 1 aliphatic heterocycles. The van der Waals surface area contributed by atoms with Crippen LogP contribution in [0.2, 0.25) is 0 Å². The monoisotopic (exact) mass is 485 g/mol. The van der Waals surface area contributed by atoms with E-state index >= 15 is 0 Å². The second-order valence-corrected chi connectivity index (χ2v) is 11.5. The van der Waals surface area contributed by atoms with Crippen molar-refractivity contribution in [2.75, 3.05) is 6.79 Å². The maximum Gasteiger partial charge on any atom is 0.332 e. The standard InChI is InChI=1S/C30H35N3O3/c1-4-12-29(2)13-11-24-22-8-5-18-14-20(32-33-28(31)34)7-9-21(18)27(22)23(16-30(24,29)3)19-6-10-25-26(15-19)36-17-35-25/h6,10,14-15,22-24H,5,7-9,11,13,16-17H2,1-3H3,(H3,31,33,34)/b32-20+/t22-,23+,24-,29+,30-/m0/s1. The van der Waals surface area contributed by atoms with Crippen LogP contribution < -0.4 is 20.6 Å². The molecule has 4 aliphatic carbocycles. The molecule has 6 rings (SSSR count). The number of primary amides is 1. The van der Waals surface area contributed by atoms with Crippen molar-refractivity contribution in [3.05, 3.63) is 46.6 Å². The highest BCUT2D eigenvalue weighted by atomic mass is 16.7. The Morgan fingerprint density at radius 1 is 1.17 bits per heavy atom. The van der Waals surface area contributed by atoms with Crippen molar-refractivity contribution in [2.45, 2.75) is 71.6 Å². The largest absolute Gasteiger partial charge is 0.454 e. The summed E-state index contributed by atoms with van der Waals surface area (Å²) in [7, 11) is 0. The number of nitrogens with zero attached hydrogens (tertiary/aromatic N) is 1. The van der Waals surface area contributed by atoms with Crippen LogP contribution in [0.25, 0.3) is 0 Å². The minimum absolute atomic E-state index is 0.0279. The van der Waals surface area contributed by atoms with Crippen LogP contribution in [0.1, 0.15) is 77.2 Å². The summed E-state index contributed by atoms with van der Waals surface area (Å²) < 4.78 is 11.4. The molecule has 3 N–H and O–H groups in total. The lowest BCUT2D eigenvalue weighted by Gasteiger charge is -2.54. The van der Waals surface area contributed by atoms with Crippen molar-refractivity contribution in [1.29, 1.82) is 0 Å². The molecule has 5 aliphatic rings. The summed E-state index contributed by atoms with van der Waals surface area (Å²) >= 11 is 0. The first kappa shape index (κ1) is 23.2. The first-order chi connectivity index (χ1) is 17.3. The minimum atomic E-state index is -0.623. The lowest BCUT2D eigenvalue weighted by molar-refractivity contribution is 0.0400. The third-order valence-electron chi connectivity index (χ3n) is 9.87. The van der Waals surface area contributed by atoms with Crippen molar-refractivity contribution in [3.8, 4) is 23.3 Å². The maximum absolute atomic E-state index is 11.2. The zero-order valence-electron chi connectivity index (χ0n) is 21.4. The summed E-state index contributed by atoms with van der Waals surface area (Å²) in [5, 5.41) is 4.25. The van der Waals surface area contributed by atoms with Gasteiger partial charge in [-0.05, 0) is 111 Å². The average Bonchev–Trinajstić information content (AvgIpc) is 3.43. The first-order valence-electron chi connectivity index (χ1n) is 13.2. The van der Waals surface area contributed by atoms with Gasteiger partial charge >= 0.3 is 6.03 Å². The van der Waals surface area contributed by atoms with E-state index in [2.05, 4.69) is 60.5 Å². The molecule has 0 unspecified atom stereocenters. The second-order valence-electron chi connectivity index (χ2n) is 11.5. The van der Waals surface area contributed by atoms with E-state index in [0.717, 1.165) is 49.3 Å². The van der Waals surface area contributed by atoms with Crippen LogP contribution in [0, 0.1) is 34.5 Å². The number of amides is 2. The van der Waals surface area contributed by atoms with E-state index in [1.807, 2.05) is 6.92 Å². The molecule has 2 amide bonds. The highest BCUT2D eigenvalue weighted by Crippen LogP contribution is 2.69. The van der Waals surface area contributed by atoms with Crippen LogP contribution in [0.5, 0.6) is 11.5 Å². The van der Waals surface area contributed by atoms with Crippen LogP contribution in [0.4, 0.5) is 4.79 Å². The number of hydrogen-bond donors (Lipinski definition) is 2. The van der Waals surface area contributed by atoms with Gasteiger partial charge in [0.1, 0.15) is 0 Å². The van der Waals surface area contributed by atoms with Crippen molar-refractivity contribution in [1.82, 2.24) is 5.43 Å². The van der Waals surface area contributed by atoms with E-state index in [0.29, 0.717) is 17.8 Å². The fourth-order valence-corrected chi connectivity index (χ4v) is 8.04. The normalized spacial score (nSPS) is 35.2. The first-order valence-corrected chi connectivity index (χ1v) is 13.2. The van der Waals surface area contributed by atoms with E-state index in [1.165, 1.54) is 29.6 Å². The van der Waals surface area contributed by atoms with Gasteiger partial charge in [0.2, 0.25) is 6.79 Å². The number of allylic oxidation sites excluding steroid dienone is 4. The van der Waals surface area contributed by atoms with Crippen molar-refractivity contribution < 1.29 is 14.3 Å². The third-order valence-corrected chi connectivity index (χ3v) is 9.87. The van der Waals surface area contributed by atoms with Gasteiger partial charge in [0.25, 0.3) is 0 Å². The Bertz CT molecular complexity index is 1280. The quantitative estimate of drug-likeness (QED) is 0.410. The van der Waals surface area contributed by atoms with Gasteiger partial charge in [-0.15, -0.1) is 5.92 Å². The lowest BCUT2D eigenvalue weighted by Crippen LogP contribution is -2.46. The van der Waals surface area contributed by atoms with E-state index in [9.17, 15) is 4.79 Å². The minimum Gasteiger partial charge on any atom is -0.454 e. The van der Waals surface area contributed by atoms with Crippen LogP contribution in [0.3, 0.4) is 0 Å². The zero-order chi connectivity index (χ0) is 25.1. The Balaban J connectivity index is 1.48. The van der Waals surface area contributed by atoms with Crippen LogP contribution in [-0.2, 0) is 0 Å². The Labute approximate surface area is 213 Å². The molecule has 5 atom stereocenters. The number of carbonyl (C=O) groups is 1. The SMILES string of the molecule is CC#C[C@]1(C)CC[C@H]2[C@@H]3CCC4=C/C(=N/NC(N)=O)CCC4=C3[C@@H](c3ccc4c(c3)OCO4)C[C@@]21C. The number of benzene rings is 1. The van der Waals surface area contributed by atoms with Gasteiger partial charge in [0.15, 0.2) is 11.5 Å². The molecule has 2 saturated carbocycles. The number of urea groups is 1. The zero-order valence-corrected chi connectivity index (χ0v) is 21.4. The van der Waals surface area contributed by atoms with Gasteiger partial charge in [-0.3, -0.25) is 0 Å². The van der Waals surface area contributed by atoms with E-state index in [1.54, 1.807) is 5.57 Å². The number of hydrazone groups is 1. The average molecular weight is 486 g/mol. The van der Waals surface area contributed by atoms with Crippen LogP contribution >= 0.6 is 0 Å². The van der Waals surface area contributed by atoms with E-state index in [4.69, 9.17) is 15.2 Å². The summed E-state index contributed by atoms with van der Waals surface area (Å²) in [5.74, 6) is 10.2. The molecule has 0 bridgehead atoms. The highest BCUT2D eigenvalue weighted by Gasteiger charge is 2.61. The molecule has 1 aromatic rings. The Kier molecular flexibility index (Phi) is 5.44. The molecule has 0 spiro atoms. The fraction of sp³-hybridized carbons (Fsp3) is 0.533. The van der Waals surface area contributed by atoms with Crippen LogP contribution in [-0.4, -0.2) is 18.5 Å². The number of fused-ring (bicyclic) bond motifs is 5.